The van der Waals surface area contributed by atoms with Crippen LogP contribution in [0.25, 0.3) is 22.4 Å². The van der Waals surface area contributed by atoms with Gasteiger partial charge in [-0.25, -0.2) is 0 Å². The van der Waals surface area contributed by atoms with Gasteiger partial charge in [0.15, 0.2) is 0 Å². The van der Waals surface area contributed by atoms with Crippen LogP contribution < -0.4 is 0 Å². The van der Waals surface area contributed by atoms with Gasteiger partial charge in [-0.05, 0) is 60.7 Å². The molecule has 2 saturated heterocycles. The number of aryl methyl sites for hydroxylation is 3. The van der Waals surface area contributed by atoms with Crippen molar-refractivity contribution in [1.82, 2.24) is 4.98 Å². The number of rotatable bonds is 6. The Balaban J connectivity index is 1.38. The topological polar surface area (TPSA) is 173 Å². The molecule has 2 aliphatic rings. The van der Waals surface area contributed by atoms with Crippen LogP contribution in [0.4, 0.5) is 0 Å². The number of aliphatic hydroxyl groups is 7. The van der Waals surface area contributed by atoms with E-state index in [1.807, 2.05) is 69.3 Å². The summed E-state index contributed by atoms with van der Waals surface area (Å²) in [6, 6.07) is 15.3. The number of hydrogen-bond acceptors (Lipinski definition) is 10. The van der Waals surface area contributed by atoms with Crippen LogP contribution in [0.3, 0.4) is 0 Å². The Kier molecular flexibility index (Phi) is 9.10. The van der Waals surface area contributed by atoms with E-state index in [-0.39, 0.29) is 13.0 Å². The van der Waals surface area contributed by atoms with Crippen molar-refractivity contribution < 1.29 is 45.2 Å². The lowest BCUT2D eigenvalue weighted by atomic mass is 9.88. The van der Waals surface area contributed by atoms with Crippen molar-refractivity contribution in [2.24, 2.45) is 0 Å². The highest BCUT2D eigenvalue weighted by atomic mass is 16.5. The molecule has 3 heterocycles. The first-order chi connectivity index (χ1) is 20.0. The first-order valence-corrected chi connectivity index (χ1v) is 14.2. The summed E-state index contributed by atoms with van der Waals surface area (Å²) in [5.41, 5.74) is 7.34. The largest absolute Gasteiger partial charge is 0.394 e. The molecule has 6 unspecified atom stereocenters. The zero-order valence-electron chi connectivity index (χ0n) is 23.8. The quantitative estimate of drug-likeness (QED) is 0.226. The van der Waals surface area contributed by atoms with Crippen molar-refractivity contribution in [2.75, 3.05) is 13.2 Å². The maximum atomic E-state index is 10.6. The lowest BCUT2D eigenvalue weighted by Gasteiger charge is -2.40. The highest BCUT2D eigenvalue weighted by Gasteiger charge is 2.44. The Bertz CT molecular complexity index is 1410. The molecule has 0 amide bonds. The predicted octanol–water partition coefficient (Wildman–Crippen LogP) is 1.40. The van der Waals surface area contributed by atoms with Gasteiger partial charge in [0.1, 0.15) is 42.7 Å². The molecule has 10 heteroatoms. The van der Waals surface area contributed by atoms with Crippen LogP contribution >= 0.6 is 0 Å². The summed E-state index contributed by atoms with van der Waals surface area (Å²) in [5, 5.41) is 70.7. The van der Waals surface area contributed by atoms with Gasteiger partial charge in [0.25, 0.3) is 0 Å². The molecule has 7 N–H and O–H groups in total. The van der Waals surface area contributed by atoms with E-state index in [4.69, 9.17) is 14.5 Å². The van der Waals surface area contributed by atoms with Gasteiger partial charge in [0.2, 0.25) is 0 Å². The second-order valence-corrected chi connectivity index (χ2v) is 11.4. The summed E-state index contributed by atoms with van der Waals surface area (Å²) in [5.74, 6) is 0. The monoisotopic (exact) mass is 581 g/mol. The van der Waals surface area contributed by atoms with Crippen LogP contribution in [0.2, 0.25) is 0 Å². The molecule has 0 saturated carbocycles. The van der Waals surface area contributed by atoms with E-state index in [1.165, 1.54) is 0 Å². The van der Waals surface area contributed by atoms with Gasteiger partial charge < -0.3 is 45.2 Å². The normalized spacial score (nSPS) is 31.7. The first kappa shape index (κ1) is 30.7. The molecular weight excluding hydrogens is 542 g/mol. The van der Waals surface area contributed by atoms with Crippen molar-refractivity contribution in [1.29, 1.82) is 0 Å². The number of aliphatic hydroxyl groups excluding tert-OH is 7. The van der Waals surface area contributed by atoms with E-state index in [9.17, 15) is 35.7 Å². The molecule has 9 atom stereocenters. The third-order valence-corrected chi connectivity index (χ3v) is 8.49. The predicted molar refractivity (Wildman–Crippen MR) is 153 cm³/mol. The summed E-state index contributed by atoms with van der Waals surface area (Å²) in [6.45, 7) is 4.98. The van der Waals surface area contributed by atoms with Gasteiger partial charge in [-0.2, -0.15) is 0 Å². The number of aromatic nitrogens is 1. The Morgan fingerprint density at radius 3 is 1.90 bits per heavy atom. The Morgan fingerprint density at radius 1 is 0.690 bits per heavy atom. The highest BCUT2D eigenvalue weighted by Crippen LogP contribution is 2.37. The van der Waals surface area contributed by atoms with E-state index >= 15 is 0 Å². The average molecular weight is 582 g/mol. The molecule has 0 radical (unpaired) electrons. The molecule has 5 rings (SSSR count). The highest BCUT2D eigenvalue weighted by molar-refractivity contribution is 5.71. The van der Waals surface area contributed by atoms with E-state index in [0.29, 0.717) is 5.56 Å². The van der Waals surface area contributed by atoms with Gasteiger partial charge >= 0.3 is 0 Å². The average Bonchev–Trinajstić information content (AvgIpc) is 2.98. The molecule has 226 valence electrons. The zero-order chi connectivity index (χ0) is 30.3. The molecule has 0 spiro atoms. The van der Waals surface area contributed by atoms with Crippen LogP contribution in [0.5, 0.6) is 0 Å². The van der Waals surface area contributed by atoms with Gasteiger partial charge in [-0.3, -0.25) is 4.98 Å². The summed E-state index contributed by atoms with van der Waals surface area (Å²) in [6.07, 6.45) is -9.26. The van der Waals surface area contributed by atoms with Crippen molar-refractivity contribution in [3.05, 3.63) is 76.5 Å². The van der Waals surface area contributed by atoms with Crippen LogP contribution in [0, 0.1) is 20.8 Å². The smallest absolute Gasteiger partial charge is 0.113 e. The standard InChI is InChI=1S/C32H39NO9/c1-15-10-18(4-6-22(15)32-30(40)29(39)28(38)26(14-35)42-32)23-8-9-24(33-17(23)3)19-5-7-21(16(2)11-19)31-27(37)25(36)12-20(13-34)41-31/h4-11,20,25-32,34-40H,12-14H2,1-3H3/t20?,25?,26?,27?,28-,29?,30?,31-,32-/m1/s1. The zero-order valence-corrected chi connectivity index (χ0v) is 23.8. The minimum Gasteiger partial charge on any atom is -0.394 e. The molecule has 10 nitrogen and oxygen atoms in total. The molecular formula is C32H39NO9. The third-order valence-electron chi connectivity index (χ3n) is 8.49. The summed E-state index contributed by atoms with van der Waals surface area (Å²) in [7, 11) is 0. The lowest BCUT2D eigenvalue weighted by molar-refractivity contribution is -0.231. The molecule has 2 fully saturated rings. The Morgan fingerprint density at radius 2 is 1.31 bits per heavy atom. The lowest BCUT2D eigenvalue weighted by Crippen LogP contribution is -2.55. The minimum absolute atomic E-state index is 0.177. The van der Waals surface area contributed by atoms with Crippen molar-refractivity contribution >= 4 is 0 Å². The summed E-state index contributed by atoms with van der Waals surface area (Å²) < 4.78 is 11.6. The third kappa shape index (κ3) is 5.74. The molecule has 2 aliphatic heterocycles. The van der Waals surface area contributed by atoms with Crippen LogP contribution in [0.1, 0.15) is 46.6 Å². The van der Waals surface area contributed by atoms with Crippen molar-refractivity contribution in [3.63, 3.8) is 0 Å². The number of ether oxygens (including phenoxy) is 2. The van der Waals surface area contributed by atoms with Crippen LogP contribution in [-0.2, 0) is 9.47 Å². The fourth-order valence-corrected chi connectivity index (χ4v) is 6.03. The maximum absolute atomic E-state index is 10.6. The van der Waals surface area contributed by atoms with Gasteiger partial charge in [0.05, 0.1) is 31.1 Å². The minimum atomic E-state index is -1.44. The fraction of sp³-hybridized carbons (Fsp3) is 0.469. The number of nitrogens with zero attached hydrogens (tertiary/aromatic N) is 1. The summed E-state index contributed by atoms with van der Waals surface area (Å²) in [4.78, 5) is 4.84. The summed E-state index contributed by atoms with van der Waals surface area (Å²) >= 11 is 0. The van der Waals surface area contributed by atoms with E-state index in [2.05, 4.69) is 0 Å². The number of pyridine rings is 1. The van der Waals surface area contributed by atoms with Gasteiger partial charge in [0, 0.05) is 23.2 Å². The van der Waals surface area contributed by atoms with Crippen molar-refractivity contribution in [3.8, 4) is 22.4 Å². The van der Waals surface area contributed by atoms with Gasteiger partial charge in [-0.15, -0.1) is 0 Å². The Hall–Kier alpha value is -2.77. The number of benzene rings is 2. The van der Waals surface area contributed by atoms with Gasteiger partial charge in [-0.1, -0.05) is 36.4 Å². The molecule has 0 aliphatic carbocycles. The first-order valence-electron chi connectivity index (χ1n) is 14.2. The van der Waals surface area contributed by atoms with Crippen LogP contribution in [0.15, 0.2) is 48.5 Å². The Labute approximate surface area is 244 Å². The maximum Gasteiger partial charge on any atom is 0.113 e. The number of hydrogen-bond donors (Lipinski definition) is 7. The molecule has 0 bridgehead atoms. The second kappa shape index (κ2) is 12.5. The molecule has 3 aromatic rings. The molecule has 2 aromatic carbocycles. The molecule has 1 aromatic heterocycles. The molecule has 42 heavy (non-hydrogen) atoms. The van der Waals surface area contributed by atoms with E-state index in [1.54, 1.807) is 0 Å². The van der Waals surface area contributed by atoms with E-state index < -0.39 is 61.5 Å². The van der Waals surface area contributed by atoms with Crippen molar-refractivity contribution in [2.45, 2.75) is 82.1 Å². The fourth-order valence-electron chi connectivity index (χ4n) is 6.03. The SMILES string of the molecule is Cc1cc(-c2ccc(-c3ccc([C@H]4OC(CO)[C@@H](O)C(O)C4O)c(C)c3)c(C)n2)ccc1[C@H]1OC(CO)CC(O)C1O. The second-order valence-electron chi connectivity index (χ2n) is 11.4. The van der Waals surface area contributed by atoms with E-state index in [0.717, 1.165) is 44.8 Å². The van der Waals surface area contributed by atoms with Crippen LogP contribution in [-0.4, -0.2) is 96.7 Å².